The molecule has 1 aliphatic rings. The van der Waals surface area contributed by atoms with Gasteiger partial charge in [-0.15, -0.1) is 0 Å². The predicted molar refractivity (Wildman–Crippen MR) is 90.7 cm³/mol. The smallest absolute Gasteiger partial charge is 0.212 e. The van der Waals surface area contributed by atoms with E-state index in [9.17, 15) is 8.42 Å². The van der Waals surface area contributed by atoms with Gasteiger partial charge in [-0.2, -0.15) is 9.61 Å². The summed E-state index contributed by atoms with van der Waals surface area (Å²) in [4.78, 5) is 5.04. The Balaban J connectivity index is 2.07. The van der Waals surface area contributed by atoms with E-state index in [-0.39, 0.29) is 9.79 Å². The average molecular weight is 342 g/mol. The zero-order chi connectivity index (χ0) is 16.9. The molecule has 1 aromatic carbocycles. The summed E-state index contributed by atoms with van der Waals surface area (Å²) in [5.74, 6) is 0.511. The molecular weight excluding hydrogens is 324 g/mol. The molecule has 0 amide bonds. The Labute approximate surface area is 140 Å². The summed E-state index contributed by atoms with van der Waals surface area (Å²) in [6.45, 7) is 1.88. The number of hydrogen-bond acceptors (Lipinski definition) is 5. The molecule has 0 unspecified atom stereocenters. The fraction of sp³-hybridized carbons (Fsp3) is 0.294. The van der Waals surface area contributed by atoms with Crippen LogP contribution < -0.4 is 5.73 Å². The highest BCUT2D eigenvalue weighted by Gasteiger charge is 2.30. The van der Waals surface area contributed by atoms with Crippen LogP contribution >= 0.6 is 0 Å². The first kappa shape index (κ1) is 15.1. The van der Waals surface area contributed by atoms with Crippen LogP contribution in [0.5, 0.6) is 0 Å². The lowest BCUT2D eigenvalue weighted by Crippen LogP contribution is -2.08. The molecule has 0 saturated carbocycles. The minimum Gasteiger partial charge on any atom is -0.383 e. The van der Waals surface area contributed by atoms with Gasteiger partial charge >= 0.3 is 0 Å². The van der Waals surface area contributed by atoms with Gasteiger partial charge in [-0.1, -0.05) is 25.1 Å². The third-order valence-electron chi connectivity index (χ3n) is 4.51. The summed E-state index contributed by atoms with van der Waals surface area (Å²) in [6, 6.07) is 8.40. The number of aryl methyl sites for hydroxylation is 2. The lowest BCUT2D eigenvalue weighted by atomic mass is 10.2. The number of anilines is 1. The number of nitrogens with two attached hydrogens (primary N) is 1. The van der Waals surface area contributed by atoms with Crippen molar-refractivity contribution in [1.29, 1.82) is 0 Å². The SMILES string of the molecule is CCc1nn2c(N)c3c(nc2c1S(=O)(=O)c1ccccc1)CCC3. The molecule has 0 bridgehead atoms. The topological polar surface area (TPSA) is 90.3 Å². The zero-order valence-electron chi connectivity index (χ0n) is 13.4. The monoisotopic (exact) mass is 342 g/mol. The van der Waals surface area contributed by atoms with Gasteiger partial charge in [0.2, 0.25) is 9.84 Å². The number of aromatic nitrogens is 3. The standard InChI is InChI=1S/C17H18N4O2S/c1-2-13-15(24(22,23)11-7-4-3-5-8-11)17-19-14-10-6-9-12(14)16(18)21(17)20-13/h3-5,7-8H,2,6,9-10,18H2,1H3. The third kappa shape index (κ3) is 2.04. The lowest BCUT2D eigenvalue weighted by molar-refractivity contribution is 0.595. The number of sulfone groups is 1. The van der Waals surface area contributed by atoms with Crippen LogP contribution in [0.3, 0.4) is 0 Å². The first-order valence-electron chi connectivity index (χ1n) is 8.03. The highest BCUT2D eigenvalue weighted by atomic mass is 32.2. The van der Waals surface area contributed by atoms with E-state index in [1.54, 1.807) is 30.3 Å². The van der Waals surface area contributed by atoms with Crippen molar-refractivity contribution in [3.63, 3.8) is 0 Å². The van der Waals surface area contributed by atoms with Gasteiger partial charge < -0.3 is 5.73 Å². The Morgan fingerprint density at radius 3 is 2.67 bits per heavy atom. The summed E-state index contributed by atoms with van der Waals surface area (Å²) in [5, 5.41) is 4.45. The second-order valence-corrected chi connectivity index (χ2v) is 7.84. The van der Waals surface area contributed by atoms with Crippen molar-refractivity contribution >= 4 is 21.3 Å². The minimum absolute atomic E-state index is 0.178. The van der Waals surface area contributed by atoms with Crippen LogP contribution in [-0.2, 0) is 29.1 Å². The molecule has 7 heteroatoms. The van der Waals surface area contributed by atoms with E-state index in [4.69, 9.17) is 5.73 Å². The van der Waals surface area contributed by atoms with Gasteiger partial charge in [0.25, 0.3) is 0 Å². The molecule has 24 heavy (non-hydrogen) atoms. The van der Waals surface area contributed by atoms with Crippen LogP contribution in [0.1, 0.15) is 30.3 Å². The van der Waals surface area contributed by atoms with Gasteiger partial charge in [-0.25, -0.2) is 13.4 Å². The van der Waals surface area contributed by atoms with Gasteiger partial charge in [0.05, 0.1) is 10.6 Å². The first-order chi connectivity index (χ1) is 11.5. The number of rotatable bonds is 3. The zero-order valence-corrected chi connectivity index (χ0v) is 14.2. The molecule has 3 aromatic rings. The molecule has 2 N–H and O–H groups in total. The quantitative estimate of drug-likeness (QED) is 0.788. The van der Waals surface area contributed by atoms with Crippen molar-refractivity contribution < 1.29 is 8.42 Å². The number of benzene rings is 1. The van der Waals surface area contributed by atoms with Crippen LogP contribution in [0, 0.1) is 0 Å². The molecule has 1 aliphatic carbocycles. The van der Waals surface area contributed by atoms with Gasteiger partial charge in [0.15, 0.2) is 5.65 Å². The number of fused-ring (bicyclic) bond motifs is 2. The number of nitrogens with zero attached hydrogens (tertiary/aromatic N) is 3. The summed E-state index contributed by atoms with van der Waals surface area (Å²) in [6.07, 6.45) is 3.18. The lowest BCUT2D eigenvalue weighted by Gasteiger charge is -2.07. The Morgan fingerprint density at radius 1 is 1.21 bits per heavy atom. The molecule has 0 spiro atoms. The van der Waals surface area contributed by atoms with Crippen molar-refractivity contribution in [2.24, 2.45) is 0 Å². The van der Waals surface area contributed by atoms with Gasteiger partial charge in [0.1, 0.15) is 10.7 Å². The van der Waals surface area contributed by atoms with Crippen LogP contribution in [0.25, 0.3) is 5.65 Å². The summed E-state index contributed by atoms with van der Waals surface area (Å²) in [7, 11) is -3.70. The second kappa shape index (κ2) is 5.31. The molecule has 6 nitrogen and oxygen atoms in total. The van der Waals surface area contributed by atoms with E-state index in [0.29, 0.717) is 23.6 Å². The summed E-state index contributed by atoms with van der Waals surface area (Å²) >= 11 is 0. The predicted octanol–water partition coefficient (Wildman–Crippen LogP) is 2.20. The fourth-order valence-corrected chi connectivity index (χ4v) is 4.93. The van der Waals surface area contributed by atoms with E-state index in [0.717, 1.165) is 30.5 Å². The normalized spacial score (nSPS) is 14.2. The molecule has 0 fully saturated rings. The van der Waals surface area contributed by atoms with E-state index < -0.39 is 9.84 Å². The van der Waals surface area contributed by atoms with Crippen molar-refractivity contribution in [2.75, 3.05) is 5.73 Å². The van der Waals surface area contributed by atoms with E-state index in [2.05, 4.69) is 10.1 Å². The van der Waals surface area contributed by atoms with Gasteiger partial charge in [-0.3, -0.25) is 0 Å². The number of hydrogen-bond donors (Lipinski definition) is 1. The van der Waals surface area contributed by atoms with Crippen LogP contribution in [0.15, 0.2) is 40.1 Å². The molecular formula is C17H18N4O2S. The van der Waals surface area contributed by atoms with E-state index >= 15 is 0 Å². The molecule has 0 atom stereocenters. The Kier molecular flexibility index (Phi) is 3.35. The third-order valence-corrected chi connectivity index (χ3v) is 6.36. The van der Waals surface area contributed by atoms with Crippen molar-refractivity contribution in [2.45, 2.75) is 42.4 Å². The maximum absolute atomic E-state index is 13.2. The van der Waals surface area contributed by atoms with Gasteiger partial charge in [-0.05, 0) is 37.8 Å². The van der Waals surface area contributed by atoms with Gasteiger partial charge in [0, 0.05) is 11.3 Å². The molecule has 124 valence electrons. The molecule has 4 rings (SSSR count). The Bertz CT molecular complexity index is 1040. The van der Waals surface area contributed by atoms with Crippen molar-refractivity contribution in [3.05, 3.63) is 47.3 Å². The maximum atomic E-state index is 13.2. The van der Waals surface area contributed by atoms with Crippen LogP contribution in [0.2, 0.25) is 0 Å². The minimum atomic E-state index is -3.70. The highest BCUT2D eigenvalue weighted by molar-refractivity contribution is 7.91. The molecule has 0 saturated heterocycles. The molecule has 0 aliphatic heterocycles. The van der Waals surface area contributed by atoms with E-state index in [1.807, 2.05) is 6.92 Å². The molecule has 2 heterocycles. The van der Waals surface area contributed by atoms with E-state index in [1.165, 1.54) is 4.52 Å². The molecule has 0 radical (unpaired) electrons. The number of nitrogen functional groups attached to an aromatic ring is 1. The Hall–Kier alpha value is -2.41. The summed E-state index contributed by atoms with van der Waals surface area (Å²) < 4.78 is 27.8. The van der Waals surface area contributed by atoms with Crippen molar-refractivity contribution in [3.8, 4) is 0 Å². The van der Waals surface area contributed by atoms with Crippen LogP contribution in [0.4, 0.5) is 5.82 Å². The summed E-state index contributed by atoms with van der Waals surface area (Å²) in [5.41, 5.74) is 8.99. The second-order valence-electron chi connectivity index (χ2n) is 5.96. The maximum Gasteiger partial charge on any atom is 0.212 e. The van der Waals surface area contributed by atoms with Crippen molar-refractivity contribution in [1.82, 2.24) is 14.6 Å². The molecule has 2 aromatic heterocycles. The fourth-order valence-electron chi connectivity index (χ4n) is 3.31. The first-order valence-corrected chi connectivity index (χ1v) is 9.51. The largest absolute Gasteiger partial charge is 0.383 e. The Morgan fingerprint density at radius 2 is 1.96 bits per heavy atom. The highest BCUT2D eigenvalue weighted by Crippen LogP contribution is 2.32. The average Bonchev–Trinajstić information content (AvgIpc) is 3.20. The van der Waals surface area contributed by atoms with Crippen LogP contribution in [-0.4, -0.2) is 23.0 Å².